The van der Waals surface area contributed by atoms with Crippen molar-refractivity contribution >= 4 is 0 Å². The van der Waals surface area contributed by atoms with Gasteiger partial charge in [0.15, 0.2) is 0 Å². The molecular formula is C12H16N2O. The Morgan fingerprint density at radius 2 is 2.27 bits per heavy atom. The lowest BCUT2D eigenvalue weighted by Gasteiger charge is -2.52. The summed E-state index contributed by atoms with van der Waals surface area (Å²) in [7, 11) is 0. The number of hydrogen-bond acceptors (Lipinski definition) is 2. The van der Waals surface area contributed by atoms with Crippen molar-refractivity contribution in [3.63, 3.8) is 0 Å². The Hall–Kier alpha value is -0.830. The molecule has 5 rings (SSSR count). The lowest BCUT2D eigenvalue weighted by Crippen LogP contribution is -2.51. The summed E-state index contributed by atoms with van der Waals surface area (Å²) in [6.07, 6.45) is 12.4. The SMILES string of the molecule is c1nn(C2CC2)cc1C12CCCC(C1)O2. The van der Waals surface area contributed by atoms with Crippen LogP contribution in [0.25, 0.3) is 0 Å². The first-order chi connectivity index (χ1) is 7.36. The second kappa shape index (κ2) is 2.64. The number of nitrogens with zero attached hydrogens (tertiary/aromatic N) is 2. The summed E-state index contributed by atoms with van der Waals surface area (Å²) in [5.41, 5.74) is 1.39. The highest BCUT2D eigenvalue weighted by Gasteiger charge is 2.50. The van der Waals surface area contributed by atoms with Gasteiger partial charge in [0.1, 0.15) is 0 Å². The predicted molar refractivity (Wildman–Crippen MR) is 55.5 cm³/mol. The molecule has 80 valence electrons. The highest BCUT2D eigenvalue weighted by molar-refractivity contribution is 5.21. The van der Waals surface area contributed by atoms with Crippen molar-refractivity contribution < 1.29 is 4.74 Å². The van der Waals surface area contributed by atoms with E-state index in [4.69, 9.17) is 4.74 Å². The predicted octanol–water partition coefficient (Wildman–Crippen LogP) is 2.39. The lowest BCUT2D eigenvalue weighted by atomic mass is 9.74. The normalized spacial score (nSPS) is 38.8. The quantitative estimate of drug-likeness (QED) is 0.739. The molecule has 4 fully saturated rings. The zero-order chi connectivity index (χ0) is 9.88. The van der Waals surface area contributed by atoms with Gasteiger partial charge in [-0.05, 0) is 32.1 Å². The minimum absolute atomic E-state index is 0.0655. The zero-order valence-corrected chi connectivity index (χ0v) is 8.85. The van der Waals surface area contributed by atoms with Crippen LogP contribution in [0.15, 0.2) is 12.4 Å². The zero-order valence-electron chi connectivity index (χ0n) is 8.85. The van der Waals surface area contributed by atoms with Crippen molar-refractivity contribution in [1.82, 2.24) is 9.78 Å². The first kappa shape index (κ1) is 8.34. The van der Waals surface area contributed by atoms with E-state index in [2.05, 4.69) is 16.0 Å². The Morgan fingerprint density at radius 3 is 2.93 bits per heavy atom. The van der Waals surface area contributed by atoms with Crippen LogP contribution < -0.4 is 0 Å². The Labute approximate surface area is 89.4 Å². The van der Waals surface area contributed by atoms with E-state index in [0.29, 0.717) is 12.1 Å². The molecule has 2 saturated carbocycles. The molecular weight excluding hydrogens is 188 g/mol. The fourth-order valence-electron chi connectivity index (χ4n) is 3.06. The van der Waals surface area contributed by atoms with Gasteiger partial charge in [-0.15, -0.1) is 0 Å². The summed E-state index contributed by atoms with van der Waals surface area (Å²) in [6, 6.07) is 0.689. The molecule has 1 aromatic rings. The molecule has 2 bridgehead atoms. The largest absolute Gasteiger partial charge is 0.367 e. The van der Waals surface area contributed by atoms with E-state index in [0.717, 1.165) is 0 Å². The minimum atomic E-state index is 0.0655. The summed E-state index contributed by atoms with van der Waals surface area (Å²) in [6.45, 7) is 0. The highest BCUT2D eigenvalue weighted by Crippen LogP contribution is 2.51. The molecule has 2 saturated heterocycles. The van der Waals surface area contributed by atoms with E-state index in [1.807, 2.05) is 6.20 Å². The minimum Gasteiger partial charge on any atom is -0.367 e. The van der Waals surface area contributed by atoms with Crippen LogP contribution in [0.3, 0.4) is 0 Å². The number of rotatable bonds is 2. The summed E-state index contributed by atoms with van der Waals surface area (Å²) in [4.78, 5) is 0. The molecule has 0 aromatic carbocycles. The Morgan fingerprint density at radius 1 is 1.40 bits per heavy atom. The third-order valence-electron chi connectivity index (χ3n) is 4.10. The van der Waals surface area contributed by atoms with E-state index in [1.165, 1.54) is 44.1 Å². The van der Waals surface area contributed by atoms with Crippen LogP contribution in [-0.4, -0.2) is 15.9 Å². The van der Waals surface area contributed by atoms with E-state index in [1.54, 1.807) is 0 Å². The maximum absolute atomic E-state index is 6.01. The van der Waals surface area contributed by atoms with Gasteiger partial charge in [0, 0.05) is 18.2 Å². The number of aromatic nitrogens is 2. The number of hydrogen-bond donors (Lipinski definition) is 0. The van der Waals surface area contributed by atoms with Gasteiger partial charge in [-0.3, -0.25) is 4.68 Å². The van der Waals surface area contributed by atoms with E-state index in [9.17, 15) is 0 Å². The third kappa shape index (κ3) is 1.13. The molecule has 15 heavy (non-hydrogen) atoms. The van der Waals surface area contributed by atoms with E-state index >= 15 is 0 Å². The Balaban J connectivity index is 1.64. The fourth-order valence-corrected chi connectivity index (χ4v) is 3.06. The van der Waals surface area contributed by atoms with Crippen molar-refractivity contribution in [2.45, 2.75) is 56.3 Å². The maximum Gasteiger partial charge on any atom is 0.0990 e. The molecule has 3 nitrogen and oxygen atoms in total. The summed E-state index contributed by atoms with van der Waals surface area (Å²) in [5.74, 6) is 0. The first-order valence-corrected chi connectivity index (χ1v) is 6.08. The van der Waals surface area contributed by atoms with Crippen LogP contribution in [0.2, 0.25) is 0 Å². The van der Waals surface area contributed by atoms with Crippen LogP contribution in [0.5, 0.6) is 0 Å². The highest BCUT2D eigenvalue weighted by atomic mass is 16.5. The average Bonchev–Trinajstić information content (AvgIpc) is 2.96. The molecule has 2 atom stereocenters. The van der Waals surface area contributed by atoms with Crippen molar-refractivity contribution in [2.24, 2.45) is 0 Å². The van der Waals surface area contributed by atoms with Crippen LogP contribution in [-0.2, 0) is 10.3 Å². The molecule has 0 radical (unpaired) electrons. The molecule has 1 aromatic heterocycles. The van der Waals surface area contributed by atoms with Crippen LogP contribution in [0, 0.1) is 0 Å². The van der Waals surface area contributed by atoms with Gasteiger partial charge in [0.2, 0.25) is 0 Å². The lowest BCUT2D eigenvalue weighted by molar-refractivity contribution is -0.243. The molecule has 0 spiro atoms. The summed E-state index contributed by atoms with van der Waals surface area (Å²) in [5, 5.41) is 4.46. The topological polar surface area (TPSA) is 27.1 Å². The third-order valence-corrected chi connectivity index (χ3v) is 4.10. The molecule has 0 amide bonds. The first-order valence-electron chi connectivity index (χ1n) is 6.08. The van der Waals surface area contributed by atoms with Gasteiger partial charge in [-0.2, -0.15) is 5.10 Å². The molecule has 0 N–H and O–H groups in total. The summed E-state index contributed by atoms with van der Waals surface area (Å²) < 4.78 is 8.14. The van der Waals surface area contributed by atoms with Crippen molar-refractivity contribution in [1.29, 1.82) is 0 Å². The maximum atomic E-state index is 6.01. The van der Waals surface area contributed by atoms with Gasteiger partial charge >= 0.3 is 0 Å². The standard InChI is InChI=1S/C12H16N2O/c1-2-11-6-12(5-1,15-11)9-7-13-14(8-9)10-3-4-10/h7-8,10-11H,1-6H2. The van der Waals surface area contributed by atoms with E-state index < -0.39 is 0 Å². The van der Waals surface area contributed by atoms with Gasteiger partial charge < -0.3 is 4.74 Å². The fraction of sp³-hybridized carbons (Fsp3) is 0.750. The van der Waals surface area contributed by atoms with Gasteiger partial charge in [0.25, 0.3) is 0 Å². The van der Waals surface area contributed by atoms with Crippen LogP contribution >= 0.6 is 0 Å². The number of ether oxygens (including phenoxy) is 1. The van der Waals surface area contributed by atoms with E-state index in [-0.39, 0.29) is 5.60 Å². The van der Waals surface area contributed by atoms with Gasteiger partial charge in [-0.1, -0.05) is 0 Å². The second-order valence-corrected chi connectivity index (χ2v) is 5.27. The van der Waals surface area contributed by atoms with Crippen LogP contribution in [0.1, 0.15) is 50.1 Å². The average molecular weight is 204 g/mol. The Kier molecular flexibility index (Phi) is 1.47. The smallest absolute Gasteiger partial charge is 0.0990 e. The van der Waals surface area contributed by atoms with Crippen molar-refractivity contribution in [3.8, 4) is 0 Å². The van der Waals surface area contributed by atoms with Gasteiger partial charge in [0.05, 0.1) is 23.9 Å². The number of fused-ring (bicyclic) bond motifs is 2. The molecule has 3 heteroatoms. The van der Waals surface area contributed by atoms with Crippen molar-refractivity contribution in [2.75, 3.05) is 0 Å². The van der Waals surface area contributed by atoms with Crippen LogP contribution in [0.4, 0.5) is 0 Å². The molecule has 4 aliphatic rings. The Bertz CT molecular complexity index is 383. The monoisotopic (exact) mass is 204 g/mol. The molecule has 2 unspecified atom stereocenters. The molecule has 2 aliphatic heterocycles. The summed E-state index contributed by atoms with van der Waals surface area (Å²) >= 11 is 0. The molecule has 2 aliphatic carbocycles. The second-order valence-electron chi connectivity index (χ2n) is 5.27. The van der Waals surface area contributed by atoms with Crippen molar-refractivity contribution in [3.05, 3.63) is 18.0 Å². The van der Waals surface area contributed by atoms with Gasteiger partial charge in [-0.25, -0.2) is 0 Å². The molecule has 3 heterocycles.